The standard InChI is InChI=1S/C10H19NO5S/c1-16-9-5-2-4-8(9)11-17(14,15)7-3-6-10(12)13/h8-9,11H,2-7H2,1H3,(H,12,13). The minimum Gasteiger partial charge on any atom is -0.481 e. The average molecular weight is 265 g/mol. The van der Waals surface area contributed by atoms with Crippen molar-refractivity contribution in [2.45, 2.75) is 44.2 Å². The lowest BCUT2D eigenvalue weighted by atomic mass is 10.2. The molecule has 0 aromatic rings. The smallest absolute Gasteiger partial charge is 0.303 e. The van der Waals surface area contributed by atoms with Crippen LogP contribution in [-0.2, 0) is 19.6 Å². The summed E-state index contributed by atoms with van der Waals surface area (Å²) in [5.74, 6) is -1.12. The molecule has 1 saturated carbocycles. The monoisotopic (exact) mass is 265 g/mol. The number of carbonyl (C=O) groups is 1. The normalized spacial score (nSPS) is 25.0. The van der Waals surface area contributed by atoms with Gasteiger partial charge in [0, 0.05) is 19.6 Å². The molecule has 1 aliphatic carbocycles. The first-order chi connectivity index (χ1) is 7.94. The van der Waals surface area contributed by atoms with Gasteiger partial charge in [0.1, 0.15) is 0 Å². The number of hydrogen-bond acceptors (Lipinski definition) is 4. The summed E-state index contributed by atoms with van der Waals surface area (Å²) in [5, 5.41) is 8.44. The number of methoxy groups -OCH3 is 1. The summed E-state index contributed by atoms with van der Waals surface area (Å²) < 4.78 is 31.1. The first-order valence-corrected chi connectivity index (χ1v) is 7.34. The van der Waals surface area contributed by atoms with Crippen molar-refractivity contribution < 1.29 is 23.1 Å². The van der Waals surface area contributed by atoms with E-state index in [-0.39, 0.29) is 30.7 Å². The van der Waals surface area contributed by atoms with Gasteiger partial charge in [0.25, 0.3) is 0 Å². The summed E-state index contributed by atoms with van der Waals surface area (Å²) in [7, 11) is -1.83. The van der Waals surface area contributed by atoms with E-state index in [2.05, 4.69) is 4.72 Å². The van der Waals surface area contributed by atoms with Crippen molar-refractivity contribution in [1.29, 1.82) is 0 Å². The van der Waals surface area contributed by atoms with Crippen molar-refractivity contribution in [3.8, 4) is 0 Å². The fourth-order valence-electron chi connectivity index (χ4n) is 2.05. The van der Waals surface area contributed by atoms with Crippen LogP contribution in [0.3, 0.4) is 0 Å². The molecule has 0 amide bonds. The Morgan fingerprint density at radius 1 is 1.47 bits per heavy atom. The van der Waals surface area contributed by atoms with Gasteiger partial charge in [-0.25, -0.2) is 13.1 Å². The molecule has 1 aliphatic rings. The van der Waals surface area contributed by atoms with Crippen molar-refractivity contribution >= 4 is 16.0 Å². The minimum atomic E-state index is -3.40. The van der Waals surface area contributed by atoms with Gasteiger partial charge in [-0.2, -0.15) is 0 Å². The summed E-state index contributed by atoms with van der Waals surface area (Å²) in [5.41, 5.74) is 0. The molecule has 0 radical (unpaired) electrons. The molecule has 0 spiro atoms. The number of aliphatic carboxylic acids is 1. The Kier molecular flexibility index (Phi) is 5.35. The highest BCUT2D eigenvalue weighted by Gasteiger charge is 2.30. The molecule has 100 valence electrons. The molecule has 0 aromatic heterocycles. The molecule has 1 fully saturated rings. The number of carboxylic acids is 1. The largest absolute Gasteiger partial charge is 0.481 e. The molecule has 6 nitrogen and oxygen atoms in total. The zero-order valence-corrected chi connectivity index (χ0v) is 10.7. The van der Waals surface area contributed by atoms with Crippen molar-refractivity contribution in [1.82, 2.24) is 4.72 Å². The topological polar surface area (TPSA) is 92.7 Å². The number of hydrogen-bond donors (Lipinski definition) is 2. The molecule has 0 aliphatic heterocycles. The second-order valence-electron chi connectivity index (χ2n) is 4.25. The molecular weight excluding hydrogens is 246 g/mol. The van der Waals surface area contributed by atoms with Crippen LogP contribution in [0.2, 0.25) is 0 Å². The lowest BCUT2D eigenvalue weighted by Gasteiger charge is -2.19. The molecule has 0 heterocycles. The number of nitrogens with one attached hydrogen (secondary N) is 1. The molecule has 2 unspecified atom stereocenters. The van der Waals surface area contributed by atoms with Crippen LogP contribution in [0.5, 0.6) is 0 Å². The summed E-state index contributed by atoms with van der Waals surface area (Å²) in [6, 6.07) is -0.171. The maximum absolute atomic E-state index is 11.7. The van der Waals surface area contributed by atoms with Gasteiger partial charge < -0.3 is 9.84 Å². The van der Waals surface area contributed by atoms with Gasteiger partial charge in [0.15, 0.2) is 0 Å². The summed E-state index contributed by atoms with van der Waals surface area (Å²) >= 11 is 0. The lowest BCUT2D eigenvalue weighted by molar-refractivity contribution is -0.137. The van der Waals surface area contributed by atoms with Crippen LogP contribution in [0.25, 0.3) is 0 Å². The third-order valence-electron chi connectivity index (χ3n) is 2.89. The van der Waals surface area contributed by atoms with Crippen LogP contribution in [-0.4, -0.2) is 44.5 Å². The van der Waals surface area contributed by atoms with Crippen LogP contribution < -0.4 is 4.72 Å². The predicted octanol–water partition coefficient (Wildman–Crippen LogP) is 0.338. The number of sulfonamides is 1. The SMILES string of the molecule is COC1CCCC1NS(=O)(=O)CCCC(=O)O. The quantitative estimate of drug-likeness (QED) is 0.692. The van der Waals surface area contributed by atoms with Gasteiger partial charge >= 0.3 is 5.97 Å². The molecular formula is C10H19NO5S. The van der Waals surface area contributed by atoms with Crippen LogP contribution in [0, 0.1) is 0 Å². The Hall–Kier alpha value is -0.660. The summed E-state index contributed by atoms with van der Waals surface area (Å²) in [6.45, 7) is 0. The first-order valence-electron chi connectivity index (χ1n) is 5.69. The molecule has 0 aromatic carbocycles. The number of carboxylic acid groups (broad SMARTS) is 1. The van der Waals surface area contributed by atoms with Gasteiger partial charge in [-0.05, 0) is 25.7 Å². The molecule has 7 heteroatoms. The Bertz CT molecular complexity index is 354. The van der Waals surface area contributed by atoms with E-state index in [0.717, 1.165) is 19.3 Å². The third kappa shape index (κ3) is 5.01. The van der Waals surface area contributed by atoms with Crippen LogP contribution in [0.1, 0.15) is 32.1 Å². The summed E-state index contributed by atoms with van der Waals surface area (Å²) in [4.78, 5) is 10.3. The van der Waals surface area contributed by atoms with Crippen LogP contribution in [0.15, 0.2) is 0 Å². The van der Waals surface area contributed by atoms with Gasteiger partial charge in [-0.3, -0.25) is 4.79 Å². The van der Waals surface area contributed by atoms with Crippen LogP contribution >= 0.6 is 0 Å². The predicted molar refractivity (Wildman–Crippen MR) is 62.2 cm³/mol. The second-order valence-corrected chi connectivity index (χ2v) is 6.12. The van der Waals surface area contributed by atoms with Crippen molar-refractivity contribution in [2.75, 3.05) is 12.9 Å². The van der Waals surface area contributed by atoms with E-state index in [1.54, 1.807) is 7.11 Å². The van der Waals surface area contributed by atoms with Gasteiger partial charge in [0.2, 0.25) is 10.0 Å². The van der Waals surface area contributed by atoms with Gasteiger partial charge in [-0.15, -0.1) is 0 Å². The molecule has 2 N–H and O–H groups in total. The Morgan fingerprint density at radius 2 is 2.18 bits per heavy atom. The fourth-order valence-corrected chi connectivity index (χ4v) is 3.42. The maximum Gasteiger partial charge on any atom is 0.303 e. The van der Waals surface area contributed by atoms with Gasteiger partial charge in [-0.1, -0.05) is 0 Å². The number of rotatable bonds is 7. The molecule has 0 saturated heterocycles. The highest BCUT2D eigenvalue weighted by molar-refractivity contribution is 7.89. The Labute approximate surface area is 101 Å². The van der Waals surface area contributed by atoms with Crippen molar-refractivity contribution in [3.05, 3.63) is 0 Å². The third-order valence-corrected chi connectivity index (χ3v) is 4.38. The van der Waals surface area contributed by atoms with E-state index in [0.29, 0.717) is 0 Å². The number of ether oxygens (including phenoxy) is 1. The first kappa shape index (κ1) is 14.4. The zero-order chi connectivity index (χ0) is 12.9. The van der Waals surface area contributed by atoms with E-state index in [4.69, 9.17) is 9.84 Å². The average Bonchev–Trinajstić information content (AvgIpc) is 2.63. The second kappa shape index (κ2) is 6.32. The highest BCUT2D eigenvalue weighted by atomic mass is 32.2. The zero-order valence-electron chi connectivity index (χ0n) is 9.89. The minimum absolute atomic E-state index is 0.0655. The molecule has 0 bridgehead atoms. The van der Waals surface area contributed by atoms with E-state index < -0.39 is 16.0 Å². The fraction of sp³-hybridized carbons (Fsp3) is 0.900. The van der Waals surface area contributed by atoms with E-state index in [1.165, 1.54) is 0 Å². The van der Waals surface area contributed by atoms with Crippen LogP contribution in [0.4, 0.5) is 0 Å². The van der Waals surface area contributed by atoms with E-state index in [9.17, 15) is 13.2 Å². The highest BCUT2D eigenvalue weighted by Crippen LogP contribution is 2.22. The lowest BCUT2D eigenvalue weighted by Crippen LogP contribution is -2.41. The van der Waals surface area contributed by atoms with Crippen molar-refractivity contribution in [2.24, 2.45) is 0 Å². The molecule has 1 rings (SSSR count). The van der Waals surface area contributed by atoms with E-state index >= 15 is 0 Å². The Morgan fingerprint density at radius 3 is 2.76 bits per heavy atom. The molecule has 17 heavy (non-hydrogen) atoms. The maximum atomic E-state index is 11.7. The molecule has 2 atom stereocenters. The van der Waals surface area contributed by atoms with Gasteiger partial charge in [0.05, 0.1) is 11.9 Å². The van der Waals surface area contributed by atoms with Crippen molar-refractivity contribution in [3.63, 3.8) is 0 Å². The Balaban J connectivity index is 2.40. The van der Waals surface area contributed by atoms with E-state index in [1.807, 2.05) is 0 Å². The summed E-state index contributed by atoms with van der Waals surface area (Å²) in [6.07, 6.45) is 2.52.